The van der Waals surface area contributed by atoms with Crippen LogP contribution in [0.1, 0.15) is 46.3 Å². The van der Waals surface area contributed by atoms with Crippen LogP contribution in [-0.2, 0) is 6.42 Å². The Morgan fingerprint density at radius 3 is 2.75 bits per heavy atom. The molecule has 0 spiro atoms. The zero-order valence-corrected chi connectivity index (χ0v) is 14.1. The zero-order chi connectivity index (χ0) is 16.5. The molecule has 2 aromatic rings. The van der Waals surface area contributed by atoms with Crippen molar-refractivity contribution in [2.24, 2.45) is 0 Å². The largest absolute Gasteiger partial charge is 0.351 e. The van der Waals surface area contributed by atoms with Gasteiger partial charge in [0.15, 0.2) is 0 Å². The number of amides is 1. The van der Waals surface area contributed by atoms with E-state index in [4.69, 9.17) is 4.52 Å². The summed E-state index contributed by atoms with van der Waals surface area (Å²) in [6.45, 7) is 5.16. The van der Waals surface area contributed by atoms with Crippen LogP contribution in [0.15, 0.2) is 34.9 Å². The second kappa shape index (κ2) is 6.40. The van der Waals surface area contributed by atoms with E-state index in [-0.39, 0.29) is 5.91 Å². The van der Waals surface area contributed by atoms with Gasteiger partial charge in [-0.25, -0.2) is 0 Å². The van der Waals surface area contributed by atoms with Gasteiger partial charge in [0.05, 0.1) is 5.69 Å². The van der Waals surface area contributed by atoms with Crippen molar-refractivity contribution in [2.45, 2.75) is 32.2 Å². The Morgan fingerprint density at radius 2 is 2.00 bits per heavy atom. The zero-order valence-electron chi connectivity index (χ0n) is 14.1. The Bertz CT molecular complexity index is 732. The number of fused-ring (bicyclic) bond motifs is 1. The molecule has 1 aliphatic heterocycles. The number of aromatic nitrogens is 1. The fourth-order valence-electron chi connectivity index (χ4n) is 3.96. The SMILES string of the molecule is Cc1cc(C(=O)N2CCN([C@H]3CCCc4ccccc43)CC2)on1. The first-order chi connectivity index (χ1) is 11.7. The lowest BCUT2D eigenvalue weighted by Gasteiger charge is -2.41. The van der Waals surface area contributed by atoms with Crippen molar-refractivity contribution in [1.29, 1.82) is 0 Å². The first-order valence-corrected chi connectivity index (χ1v) is 8.77. The van der Waals surface area contributed by atoms with Gasteiger partial charge in [0.25, 0.3) is 5.91 Å². The minimum absolute atomic E-state index is 0.0423. The Balaban J connectivity index is 1.43. The quantitative estimate of drug-likeness (QED) is 0.852. The smallest absolute Gasteiger partial charge is 0.292 e. The van der Waals surface area contributed by atoms with Crippen LogP contribution in [0.2, 0.25) is 0 Å². The van der Waals surface area contributed by atoms with Gasteiger partial charge in [0.2, 0.25) is 5.76 Å². The molecule has 1 saturated heterocycles. The lowest BCUT2D eigenvalue weighted by molar-refractivity contribution is 0.0513. The number of nitrogens with zero attached hydrogens (tertiary/aromatic N) is 3. The van der Waals surface area contributed by atoms with Crippen LogP contribution in [0.25, 0.3) is 0 Å². The van der Waals surface area contributed by atoms with Gasteiger partial charge in [-0.15, -0.1) is 0 Å². The van der Waals surface area contributed by atoms with Gasteiger partial charge in [-0.1, -0.05) is 29.4 Å². The lowest BCUT2D eigenvalue weighted by atomic mass is 9.86. The van der Waals surface area contributed by atoms with Gasteiger partial charge < -0.3 is 9.42 Å². The van der Waals surface area contributed by atoms with Crippen LogP contribution < -0.4 is 0 Å². The number of hydrogen-bond acceptors (Lipinski definition) is 4. The lowest BCUT2D eigenvalue weighted by Crippen LogP contribution is -2.50. The maximum absolute atomic E-state index is 12.5. The molecular weight excluding hydrogens is 302 g/mol. The highest BCUT2D eigenvalue weighted by Crippen LogP contribution is 2.34. The molecule has 5 heteroatoms. The number of piperazine rings is 1. The van der Waals surface area contributed by atoms with E-state index in [2.05, 4.69) is 34.3 Å². The van der Waals surface area contributed by atoms with Crippen molar-refractivity contribution >= 4 is 5.91 Å². The highest BCUT2D eigenvalue weighted by Gasteiger charge is 2.30. The van der Waals surface area contributed by atoms with Crippen LogP contribution >= 0.6 is 0 Å². The van der Waals surface area contributed by atoms with Crippen molar-refractivity contribution in [3.8, 4) is 0 Å². The van der Waals surface area contributed by atoms with E-state index in [1.165, 1.54) is 30.4 Å². The van der Waals surface area contributed by atoms with Crippen LogP contribution in [0, 0.1) is 6.92 Å². The molecule has 0 radical (unpaired) electrons. The van der Waals surface area contributed by atoms with Gasteiger partial charge in [0, 0.05) is 38.3 Å². The fourth-order valence-corrected chi connectivity index (χ4v) is 3.96. The fraction of sp³-hybridized carbons (Fsp3) is 0.474. The maximum Gasteiger partial charge on any atom is 0.292 e. The average molecular weight is 325 g/mol. The van der Waals surface area contributed by atoms with Crippen molar-refractivity contribution < 1.29 is 9.32 Å². The average Bonchev–Trinajstić information content (AvgIpc) is 3.07. The number of carbonyl (C=O) groups excluding carboxylic acids is 1. The first kappa shape index (κ1) is 15.4. The highest BCUT2D eigenvalue weighted by molar-refractivity contribution is 5.91. The normalized spacial score (nSPS) is 21.5. The van der Waals surface area contributed by atoms with E-state index < -0.39 is 0 Å². The molecule has 2 heterocycles. The van der Waals surface area contributed by atoms with Gasteiger partial charge in [-0.05, 0) is 37.3 Å². The van der Waals surface area contributed by atoms with E-state index in [1.54, 1.807) is 6.07 Å². The van der Waals surface area contributed by atoms with Crippen LogP contribution in [0.4, 0.5) is 0 Å². The maximum atomic E-state index is 12.5. The summed E-state index contributed by atoms with van der Waals surface area (Å²) in [5, 5.41) is 3.81. The molecule has 24 heavy (non-hydrogen) atoms. The molecule has 1 amide bonds. The number of rotatable bonds is 2. The standard InChI is InChI=1S/C19H23N3O2/c1-14-13-18(24-20-14)19(23)22-11-9-21(10-12-22)17-8-4-6-15-5-2-3-7-16(15)17/h2-3,5,7,13,17H,4,6,8-12H2,1H3/t17-/m0/s1. The van der Waals surface area contributed by atoms with Gasteiger partial charge in [-0.2, -0.15) is 0 Å². The molecular formula is C19H23N3O2. The predicted molar refractivity (Wildman–Crippen MR) is 90.8 cm³/mol. The molecule has 0 bridgehead atoms. The molecule has 0 unspecified atom stereocenters. The van der Waals surface area contributed by atoms with Crippen molar-refractivity contribution in [2.75, 3.05) is 26.2 Å². The van der Waals surface area contributed by atoms with E-state index in [9.17, 15) is 4.79 Å². The first-order valence-electron chi connectivity index (χ1n) is 8.77. The summed E-state index contributed by atoms with van der Waals surface area (Å²) in [7, 11) is 0. The second-order valence-electron chi connectivity index (χ2n) is 6.77. The topological polar surface area (TPSA) is 49.6 Å². The number of benzene rings is 1. The number of hydrogen-bond donors (Lipinski definition) is 0. The third-order valence-corrected chi connectivity index (χ3v) is 5.22. The molecule has 126 valence electrons. The molecule has 1 aromatic carbocycles. The van der Waals surface area contributed by atoms with E-state index in [0.717, 1.165) is 31.9 Å². The van der Waals surface area contributed by atoms with Gasteiger partial charge >= 0.3 is 0 Å². The third-order valence-electron chi connectivity index (χ3n) is 5.22. The molecule has 2 aliphatic rings. The summed E-state index contributed by atoms with van der Waals surface area (Å²) >= 11 is 0. The Kier molecular flexibility index (Phi) is 4.10. The van der Waals surface area contributed by atoms with Crippen molar-refractivity contribution in [3.05, 3.63) is 52.9 Å². The van der Waals surface area contributed by atoms with Crippen molar-refractivity contribution in [1.82, 2.24) is 15.0 Å². The van der Waals surface area contributed by atoms with E-state index >= 15 is 0 Å². The summed E-state index contributed by atoms with van der Waals surface area (Å²) in [4.78, 5) is 16.9. The molecule has 0 N–H and O–H groups in total. The molecule has 5 nitrogen and oxygen atoms in total. The predicted octanol–water partition coefficient (Wildman–Crippen LogP) is 2.82. The van der Waals surface area contributed by atoms with Crippen LogP contribution in [0.5, 0.6) is 0 Å². The molecule has 0 saturated carbocycles. The molecule has 1 fully saturated rings. The summed E-state index contributed by atoms with van der Waals surface area (Å²) < 4.78 is 5.11. The Labute approximate surface area is 142 Å². The van der Waals surface area contributed by atoms with Gasteiger partial charge in [0.1, 0.15) is 0 Å². The minimum Gasteiger partial charge on any atom is -0.351 e. The summed E-state index contributed by atoms with van der Waals surface area (Å²) in [6.07, 6.45) is 3.65. The highest BCUT2D eigenvalue weighted by atomic mass is 16.5. The molecule has 4 rings (SSSR count). The summed E-state index contributed by atoms with van der Waals surface area (Å²) in [5.74, 6) is 0.309. The van der Waals surface area contributed by atoms with Gasteiger partial charge in [-0.3, -0.25) is 9.69 Å². The Morgan fingerprint density at radius 1 is 1.21 bits per heavy atom. The monoisotopic (exact) mass is 325 g/mol. The van der Waals surface area contributed by atoms with Crippen LogP contribution in [0.3, 0.4) is 0 Å². The third kappa shape index (κ3) is 2.84. The minimum atomic E-state index is -0.0423. The van der Waals surface area contributed by atoms with Crippen molar-refractivity contribution in [3.63, 3.8) is 0 Å². The summed E-state index contributed by atoms with van der Waals surface area (Å²) in [6, 6.07) is 11.0. The summed E-state index contributed by atoms with van der Waals surface area (Å²) in [5.41, 5.74) is 3.72. The van der Waals surface area contributed by atoms with Crippen LogP contribution in [-0.4, -0.2) is 47.0 Å². The van der Waals surface area contributed by atoms with E-state index in [0.29, 0.717) is 11.8 Å². The molecule has 1 aromatic heterocycles. The Hall–Kier alpha value is -2.14. The number of aryl methyl sites for hydroxylation is 2. The van der Waals surface area contributed by atoms with E-state index in [1.807, 2.05) is 11.8 Å². The molecule has 1 aliphatic carbocycles. The second-order valence-corrected chi connectivity index (χ2v) is 6.77. The molecule has 1 atom stereocenters. The number of carbonyl (C=O) groups is 1.